The average molecular weight is 711 g/mol. The van der Waals surface area contributed by atoms with Crippen molar-refractivity contribution in [3.8, 4) is 22.3 Å². The molecular formula is C54H30O2. The summed E-state index contributed by atoms with van der Waals surface area (Å²) in [5.41, 5.74) is 8.32. The number of rotatable bonds is 2. The van der Waals surface area contributed by atoms with Gasteiger partial charge in [-0.15, -0.1) is 0 Å². The van der Waals surface area contributed by atoms with Crippen molar-refractivity contribution in [2.24, 2.45) is 0 Å². The molecule has 0 saturated carbocycles. The van der Waals surface area contributed by atoms with E-state index in [1.165, 1.54) is 86.7 Å². The molecule has 0 amide bonds. The van der Waals surface area contributed by atoms with Crippen LogP contribution in [-0.4, -0.2) is 0 Å². The van der Waals surface area contributed by atoms with E-state index in [1.54, 1.807) is 0 Å². The number of benzene rings is 11. The minimum atomic E-state index is 0.892. The Morgan fingerprint density at radius 3 is 1.09 bits per heavy atom. The van der Waals surface area contributed by atoms with Gasteiger partial charge in [-0.3, -0.25) is 0 Å². The highest BCUT2D eigenvalue weighted by atomic mass is 16.3. The number of furan rings is 2. The lowest BCUT2D eigenvalue weighted by Crippen LogP contribution is -1.86. The fourth-order valence-electron chi connectivity index (χ4n) is 9.66. The highest BCUT2D eigenvalue weighted by Gasteiger charge is 2.18. The predicted molar refractivity (Wildman–Crippen MR) is 237 cm³/mol. The molecule has 13 rings (SSSR count). The van der Waals surface area contributed by atoms with E-state index in [1.807, 2.05) is 6.07 Å². The van der Waals surface area contributed by atoms with Crippen molar-refractivity contribution in [2.75, 3.05) is 0 Å². The van der Waals surface area contributed by atoms with Gasteiger partial charge in [-0.1, -0.05) is 127 Å². The molecule has 0 unspecified atom stereocenters. The highest BCUT2D eigenvalue weighted by Crippen LogP contribution is 2.44. The van der Waals surface area contributed by atoms with E-state index in [0.29, 0.717) is 0 Å². The lowest BCUT2D eigenvalue weighted by atomic mass is 9.90. The molecule has 2 aromatic heterocycles. The van der Waals surface area contributed by atoms with Crippen molar-refractivity contribution in [3.05, 3.63) is 182 Å². The summed E-state index contributed by atoms with van der Waals surface area (Å²) in [6, 6.07) is 66.2. The second-order valence-electron chi connectivity index (χ2n) is 15.1. The monoisotopic (exact) mass is 710 g/mol. The van der Waals surface area contributed by atoms with Gasteiger partial charge in [0, 0.05) is 26.9 Å². The van der Waals surface area contributed by atoms with Crippen LogP contribution in [0.15, 0.2) is 191 Å². The van der Waals surface area contributed by atoms with Crippen LogP contribution in [0, 0.1) is 0 Å². The van der Waals surface area contributed by atoms with E-state index in [-0.39, 0.29) is 0 Å². The molecule has 0 aliphatic rings. The van der Waals surface area contributed by atoms with Gasteiger partial charge in [-0.25, -0.2) is 0 Å². The number of fused-ring (bicyclic) bond motifs is 19. The molecule has 11 aromatic carbocycles. The van der Waals surface area contributed by atoms with E-state index in [4.69, 9.17) is 8.83 Å². The lowest BCUT2D eigenvalue weighted by molar-refractivity contribution is 0.668. The van der Waals surface area contributed by atoms with Crippen molar-refractivity contribution in [1.29, 1.82) is 0 Å². The summed E-state index contributed by atoms with van der Waals surface area (Å²) in [5.74, 6) is 0. The summed E-state index contributed by atoms with van der Waals surface area (Å²) in [6.07, 6.45) is 0. The van der Waals surface area contributed by atoms with Gasteiger partial charge in [-0.05, 0) is 136 Å². The van der Waals surface area contributed by atoms with E-state index in [9.17, 15) is 0 Å². The molecular weight excluding hydrogens is 681 g/mol. The fraction of sp³-hybridized carbons (Fsp3) is 0. The van der Waals surface area contributed by atoms with Crippen LogP contribution in [0.25, 0.3) is 131 Å². The standard InChI is InChI=1S/C54H30O2/c1-2-11-37-35(9-1)36-10-3-5-13-39(36)45-27-31(17-21-41(37)45)33-19-24-50-47(29-33)48-30-34(20-25-51(48)55-50)32-18-22-43-46(28-32)40-14-6-4-12-38(40)42-23-26-52-54(53(42)43)44-15-7-8-16-49(44)56-52/h1-30H. The topological polar surface area (TPSA) is 26.3 Å². The highest BCUT2D eigenvalue weighted by molar-refractivity contribution is 6.35. The van der Waals surface area contributed by atoms with Crippen LogP contribution < -0.4 is 0 Å². The van der Waals surface area contributed by atoms with Gasteiger partial charge in [0.1, 0.15) is 22.3 Å². The minimum absolute atomic E-state index is 0.892. The molecule has 0 bridgehead atoms. The predicted octanol–water partition coefficient (Wildman–Crippen LogP) is 15.7. The van der Waals surface area contributed by atoms with Crippen LogP contribution in [0.3, 0.4) is 0 Å². The molecule has 0 N–H and O–H groups in total. The third kappa shape index (κ3) is 4.10. The zero-order chi connectivity index (χ0) is 36.5. The summed E-state index contributed by atoms with van der Waals surface area (Å²) in [5, 5.41) is 19.7. The van der Waals surface area contributed by atoms with Gasteiger partial charge in [0.2, 0.25) is 0 Å². The first kappa shape index (κ1) is 30.0. The zero-order valence-corrected chi connectivity index (χ0v) is 30.1. The molecule has 0 saturated heterocycles. The summed E-state index contributed by atoms with van der Waals surface area (Å²) >= 11 is 0. The Morgan fingerprint density at radius 2 is 0.518 bits per heavy atom. The van der Waals surface area contributed by atoms with Crippen LogP contribution in [0.5, 0.6) is 0 Å². The summed E-state index contributed by atoms with van der Waals surface area (Å²) in [7, 11) is 0. The first-order valence-corrected chi connectivity index (χ1v) is 19.2. The molecule has 0 spiro atoms. The third-order valence-electron chi connectivity index (χ3n) is 12.2. The van der Waals surface area contributed by atoms with Gasteiger partial charge in [0.25, 0.3) is 0 Å². The first-order valence-electron chi connectivity index (χ1n) is 19.2. The van der Waals surface area contributed by atoms with Gasteiger partial charge >= 0.3 is 0 Å². The fourth-order valence-corrected chi connectivity index (χ4v) is 9.66. The molecule has 2 heterocycles. The molecule has 0 aliphatic carbocycles. The molecule has 0 aliphatic heterocycles. The van der Waals surface area contributed by atoms with Crippen LogP contribution in [0.2, 0.25) is 0 Å². The molecule has 258 valence electrons. The van der Waals surface area contributed by atoms with E-state index < -0.39 is 0 Å². The maximum Gasteiger partial charge on any atom is 0.136 e. The molecule has 0 fully saturated rings. The SMILES string of the molecule is c1ccc2c(c1)oc1ccc3c4ccccc4c4cc(-c5ccc6oc7ccc(-c8ccc9c%10ccccc%10c%10ccccc%10c9c8)cc7c6c5)ccc4c3c12. The molecule has 13 aromatic rings. The van der Waals surface area contributed by atoms with Crippen molar-refractivity contribution in [2.45, 2.75) is 0 Å². The Labute approximate surface area is 320 Å². The second kappa shape index (κ2) is 11.1. The van der Waals surface area contributed by atoms with Gasteiger partial charge in [0.15, 0.2) is 0 Å². The Hall–Kier alpha value is -7.42. The smallest absolute Gasteiger partial charge is 0.136 e. The summed E-state index contributed by atoms with van der Waals surface area (Å²) < 4.78 is 12.8. The van der Waals surface area contributed by atoms with E-state index in [0.717, 1.165) is 44.1 Å². The number of para-hydroxylation sites is 1. The molecule has 0 atom stereocenters. The van der Waals surface area contributed by atoms with Crippen molar-refractivity contribution >= 4 is 109 Å². The van der Waals surface area contributed by atoms with Crippen LogP contribution in [0.1, 0.15) is 0 Å². The largest absolute Gasteiger partial charge is 0.456 e. The summed E-state index contributed by atoms with van der Waals surface area (Å²) in [4.78, 5) is 0. The minimum Gasteiger partial charge on any atom is -0.456 e. The van der Waals surface area contributed by atoms with Crippen LogP contribution >= 0.6 is 0 Å². The molecule has 2 heteroatoms. The van der Waals surface area contributed by atoms with Crippen molar-refractivity contribution in [1.82, 2.24) is 0 Å². The Kier molecular flexibility index (Phi) is 5.92. The van der Waals surface area contributed by atoms with Crippen molar-refractivity contribution < 1.29 is 8.83 Å². The maximum atomic E-state index is 6.45. The first-order chi connectivity index (χ1) is 27.7. The summed E-state index contributed by atoms with van der Waals surface area (Å²) in [6.45, 7) is 0. The second-order valence-corrected chi connectivity index (χ2v) is 15.1. The quantitative estimate of drug-likeness (QED) is 0.167. The Bertz CT molecular complexity index is 3790. The molecule has 0 radical (unpaired) electrons. The Morgan fingerprint density at radius 1 is 0.196 bits per heavy atom. The zero-order valence-electron chi connectivity index (χ0n) is 30.1. The normalized spacial score (nSPS) is 12.3. The van der Waals surface area contributed by atoms with Gasteiger partial charge in [-0.2, -0.15) is 0 Å². The molecule has 56 heavy (non-hydrogen) atoms. The number of hydrogen-bond acceptors (Lipinski definition) is 2. The van der Waals surface area contributed by atoms with Crippen molar-refractivity contribution in [3.63, 3.8) is 0 Å². The number of hydrogen-bond donors (Lipinski definition) is 0. The van der Waals surface area contributed by atoms with Gasteiger partial charge < -0.3 is 8.83 Å². The van der Waals surface area contributed by atoms with Gasteiger partial charge in [0.05, 0.1) is 0 Å². The van der Waals surface area contributed by atoms with E-state index in [2.05, 4.69) is 176 Å². The average Bonchev–Trinajstić information content (AvgIpc) is 3.84. The Balaban J connectivity index is 0.997. The lowest BCUT2D eigenvalue weighted by Gasteiger charge is -2.13. The third-order valence-corrected chi connectivity index (χ3v) is 12.2. The maximum absolute atomic E-state index is 6.45. The van der Waals surface area contributed by atoms with Crippen LogP contribution in [-0.2, 0) is 0 Å². The van der Waals surface area contributed by atoms with E-state index >= 15 is 0 Å². The van der Waals surface area contributed by atoms with Crippen LogP contribution in [0.4, 0.5) is 0 Å². The molecule has 2 nitrogen and oxygen atoms in total.